The maximum Gasteiger partial charge on any atom is 0.287 e. The van der Waals surface area contributed by atoms with Crippen molar-refractivity contribution in [3.8, 4) is 0 Å². The van der Waals surface area contributed by atoms with Gasteiger partial charge in [-0.1, -0.05) is 13.8 Å². The zero-order valence-corrected chi connectivity index (χ0v) is 13.9. The van der Waals surface area contributed by atoms with Gasteiger partial charge >= 0.3 is 0 Å². The molecule has 1 fully saturated rings. The molecule has 122 valence electrons. The lowest BCUT2D eigenvalue weighted by atomic mass is 10.0. The average molecular weight is 333 g/mol. The summed E-state index contributed by atoms with van der Waals surface area (Å²) >= 11 is 1.42. The summed E-state index contributed by atoms with van der Waals surface area (Å²) in [5.41, 5.74) is 1.05. The van der Waals surface area contributed by atoms with Crippen LogP contribution in [0.5, 0.6) is 0 Å². The van der Waals surface area contributed by atoms with Crippen LogP contribution in [0.4, 0.5) is 5.13 Å². The molecule has 6 nitrogen and oxygen atoms in total. The van der Waals surface area contributed by atoms with Gasteiger partial charge in [0.1, 0.15) is 6.04 Å². The van der Waals surface area contributed by atoms with Gasteiger partial charge in [0.25, 0.3) is 5.91 Å². The summed E-state index contributed by atoms with van der Waals surface area (Å²) in [5, 5.41) is 8.08. The first kappa shape index (κ1) is 15.7. The van der Waals surface area contributed by atoms with E-state index in [4.69, 9.17) is 4.42 Å². The molecular weight excluding hydrogens is 314 g/mol. The molecule has 0 bridgehead atoms. The number of carbonyl (C=O) groups is 2. The number of rotatable bonds is 6. The van der Waals surface area contributed by atoms with Crippen LogP contribution in [-0.2, 0) is 4.79 Å². The minimum Gasteiger partial charge on any atom is -0.459 e. The Hall–Kier alpha value is -2.15. The Balaban J connectivity index is 1.64. The van der Waals surface area contributed by atoms with E-state index in [2.05, 4.69) is 15.6 Å². The molecule has 3 rings (SSSR count). The van der Waals surface area contributed by atoms with Crippen molar-refractivity contribution < 1.29 is 14.0 Å². The molecule has 23 heavy (non-hydrogen) atoms. The summed E-state index contributed by atoms with van der Waals surface area (Å²) in [6.45, 7) is 3.76. The van der Waals surface area contributed by atoms with E-state index in [0.717, 1.165) is 5.69 Å². The Morgan fingerprint density at radius 3 is 2.78 bits per heavy atom. The van der Waals surface area contributed by atoms with Crippen LogP contribution in [0.3, 0.4) is 0 Å². The highest BCUT2D eigenvalue weighted by Gasteiger charge is 2.28. The molecule has 0 aromatic carbocycles. The number of nitrogens with zero attached hydrogens (tertiary/aromatic N) is 1. The van der Waals surface area contributed by atoms with Crippen LogP contribution in [0.25, 0.3) is 0 Å². The first-order chi connectivity index (χ1) is 11.0. The monoisotopic (exact) mass is 333 g/mol. The molecule has 2 heterocycles. The lowest BCUT2D eigenvalue weighted by Gasteiger charge is -2.20. The molecule has 7 heteroatoms. The summed E-state index contributed by atoms with van der Waals surface area (Å²) in [4.78, 5) is 29.0. The molecule has 0 radical (unpaired) electrons. The van der Waals surface area contributed by atoms with E-state index >= 15 is 0 Å². The summed E-state index contributed by atoms with van der Waals surface area (Å²) in [6, 6.07) is 2.54. The van der Waals surface area contributed by atoms with Crippen molar-refractivity contribution in [1.82, 2.24) is 10.3 Å². The number of carbonyl (C=O) groups excluding carboxylic acids is 2. The van der Waals surface area contributed by atoms with Crippen LogP contribution in [0.1, 0.15) is 48.9 Å². The molecule has 0 spiro atoms. The van der Waals surface area contributed by atoms with E-state index in [-0.39, 0.29) is 17.6 Å². The van der Waals surface area contributed by atoms with Gasteiger partial charge in [-0.25, -0.2) is 4.98 Å². The van der Waals surface area contributed by atoms with Gasteiger partial charge in [0.05, 0.1) is 12.0 Å². The van der Waals surface area contributed by atoms with Crippen molar-refractivity contribution in [2.75, 3.05) is 5.32 Å². The van der Waals surface area contributed by atoms with E-state index < -0.39 is 11.9 Å². The molecular formula is C16H19N3O3S. The van der Waals surface area contributed by atoms with Crippen LogP contribution in [0.2, 0.25) is 0 Å². The topological polar surface area (TPSA) is 84.2 Å². The quantitative estimate of drug-likeness (QED) is 0.851. The van der Waals surface area contributed by atoms with E-state index in [1.54, 1.807) is 12.1 Å². The molecule has 1 atom stereocenters. The Morgan fingerprint density at radius 2 is 2.17 bits per heavy atom. The number of thiazole rings is 1. The normalized spacial score (nSPS) is 15.4. The lowest BCUT2D eigenvalue weighted by Crippen LogP contribution is -2.47. The highest BCUT2D eigenvalue weighted by molar-refractivity contribution is 7.13. The molecule has 2 aromatic rings. The third-order valence-electron chi connectivity index (χ3n) is 3.73. The number of hydrogen-bond acceptors (Lipinski definition) is 5. The smallest absolute Gasteiger partial charge is 0.287 e. The van der Waals surface area contributed by atoms with Crippen LogP contribution in [-0.4, -0.2) is 22.8 Å². The number of furan rings is 1. The van der Waals surface area contributed by atoms with Crippen molar-refractivity contribution in [2.45, 2.75) is 38.6 Å². The Morgan fingerprint density at radius 1 is 1.39 bits per heavy atom. The Bertz CT molecular complexity index is 689. The summed E-state index contributed by atoms with van der Waals surface area (Å²) in [5.74, 6) is 0.0141. The third kappa shape index (κ3) is 3.79. The lowest BCUT2D eigenvalue weighted by molar-refractivity contribution is -0.118. The zero-order chi connectivity index (χ0) is 16.4. The number of anilines is 1. The molecule has 0 saturated heterocycles. The Kier molecular flexibility index (Phi) is 4.47. The van der Waals surface area contributed by atoms with Gasteiger partial charge in [0, 0.05) is 11.3 Å². The second kappa shape index (κ2) is 6.54. The van der Waals surface area contributed by atoms with Crippen LogP contribution < -0.4 is 10.6 Å². The number of hydrogen-bond donors (Lipinski definition) is 2. The molecule has 0 aliphatic heterocycles. The van der Waals surface area contributed by atoms with E-state index in [1.165, 1.54) is 30.4 Å². The largest absolute Gasteiger partial charge is 0.459 e. The highest BCUT2D eigenvalue weighted by atomic mass is 32.1. The summed E-state index contributed by atoms with van der Waals surface area (Å²) in [6.07, 6.45) is 3.77. The predicted octanol–water partition coefficient (Wildman–Crippen LogP) is 3.01. The molecule has 2 N–H and O–H groups in total. The Labute approximate surface area is 138 Å². The minimum absolute atomic E-state index is 0.0585. The van der Waals surface area contributed by atoms with Gasteiger partial charge < -0.3 is 15.1 Å². The maximum atomic E-state index is 12.5. The minimum atomic E-state index is -0.652. The number of aromatic nitrogens is 1. The molecule has 1 saturated carbocycles. The zero-order valence-electron chi connectivity index (χ0n) is 13.0. The highest BCUT2D eigenvalue weighted by Crippen LogP contribution is 2.40. The van der Waals surface area contributed by atoms with Gasteiger partial charge in [0.15, 0.2) is 10.9 Å². The SMILES string of the molecule is CC(C)C(NC(=O)c1ccco1)C(=O)Nc1nc(C2CC2)cs1. The predicted molar refractivity (Wildman–Crippen MR) is 87.5 cm³/mol. The molecule has 1 unspecified atom stereocenters. The average Bonchev–Trinajstić information content (AvgIpc) is 3.02. The fraction of sp³-hybridized carbons (Fsp3) is 0.438. The van der Waals surface area contributed by atoms with E-state index in [0.29, 0.717) is 11.0 Å². The van der Waals surface area contributed by atoms with Gasteiger partial charge in [0.2, 0.25) is 5.91 Å². The third-order valence-corrected chi connectivity index (χ3v) is 4.50. The first-order valence-corrected chi connectivity index (χ1v) is 8.53. The summed E-state index contributed by atoms with van der Waals surface area (Å²) < 4.78 is 5.06. The van der Waals surface area contributed by atoms with Gasteiger partial charge in [-0.2, -0.15) is 0 Å². The van der Waals surface area contributed by atoms with E-state index in [1.807, 2.05) is 19.2 Å². The first-order valence-electron chi connectivity index (χ1n) is 7.65. The van der Waals surface area contributed by atoms with Crippen molar-refractivity contribution in [3.63, 3.8) is 0 Å². The van der Waals surface area contributed by atoms with Crippen molar-refractivity contribution >= 4 is 28.3 Å². The second-order valence-electron chi connectivity index (χ2n) is 6.01. The van der Waals surface area contributed by atoms with Gasteiger partial charge in [-0.05, 0) is 30.9 Å². The molecule has 1 aliphatic rings. The molecule has 2 aromatic heterocycles. The van der Waals surface area contributed by atoms with Crippen LogP contribution >= 0.6 is 11.3 Å². The van der Waals surface area contributed by atoms with Gasteiger partial charge in [-0.3, -0.25) is 9.59 Å². The summed E-state index contributed by atoms with van der Waals surface area (Å²) in [7, 11) is 0. The molecule has 1 aliphatic carbocycles. The van der Waals surface area contributed by atoms with Gasteiger partial charge in [-0.15, -0.1) is 11.3 Å². The number of amides is 2. The fourth-order valence-corrected chi connectivity index (χ4v) is 3.04. The molecule has 2 amide bonds. The van der Waals surface area contributed by atoms with Crippen molar-refractivity contribution in [1.29, 1.82) is 0 Å². The van der Waals surface area contributed by atoms with Crippen LogP contribution in [0, 0.1) is 5.92 Å². The van der Waals surface area contributed by atoms with E-state index in [9.17, 15) is 9.59 Å². The van der Waals surface area contributed by atoms with Crippen LogP contribution in [0.15, 0.2) is 28.2 Å². The van der Waals surface area contributed by atoms with Crippen molar-refractivity contribution in [2.24, 2.45) is 5.92 Å². The number of nitrogens with one attached hydrogen (secondary N) is 2. The fourth-order valence-electron chi connectivity index (χ4n) is 2.25. The maximum absolute atomic E-state index is 12.5. The standard InChI is InChI=1S/C16H19N3O3S/c1-9(2)13(18-14(20)12-4-3-7-22-12)15(21)19-16-17-11(8-23-16)10-5-6-10/h3-4,7-10,13H,5-6H2,1-2H3,(H,18,20)(H,17,19,21). The second-order valence-corrected chi connectivity index (χ2v) is 6.87. The van der Waals surface area contributed by atoms with Crippen molar-refractivity contribution in [3.05, 3.63) is 35.2 Å².